The van der Waals surface area contributed by atoms with E-state index in [2.05, 4.69) is 30.4 Å². The van der Waals surface area contributed by atoms with Gasteiger partial charge in [-0.2, -0.15) is 5.10 Å². The van der Waals surface area contributed by atoms with Gasteiger partial charge < -0.3 is 15.4 Å². The lowest BCUT2D eigenvalue weighted by Crippen LogP contribution is -2.28. The monoisotopic (exact) mass is 386 g/mol. The summed E-state index contributed by atoms with van der Waals surface area (Å²) in [4.78, 5) is 32.0. The Bertz CT molecular complexity index is 961. The molecule has 0 aliphatic carbocycles. The Kier molecular flexibility index (Phi) is 5.62. The summed E-state index contributed by atoms with van der Waals surface area (Å²) < 4.78 is 6.17. The van der Waals surface area contributed by atoms with Gasteiger partial charge in [-0.3, -0.25) is 0 Å². The third kappa shape index (κ3) is 4.39. The van der Waals surface area contributed by atoms with Crippen molar-refractivity contribution in [3.8, 4) is 5.82 Å². The maximum absolute atomic E-state index is 12.2. The van der Waals surface area contributed by atoms with Gasteiger partial charge in [0.05, 0.1) is 17.7 Å². The summed E-state index contributed by atoms with van der Waals surface area (Å²) in [5, 5.41) is 9.65. The minimum atomic E-state index is -0.586. The smallest absolute Gasteiger partial charge is 0.339 e. The molecule has 0 unspecified atom stereocenters. The first-order chi connectivity index (χ1) is 13.1. The number of hydrogen-bond acceptors (Lipinski definition) is 6. The van der Waals surface area contributed by atoms with Crippen molar-refractivity contribution in [3.63, 3.8) is 0 Å². The van der Waals surface area contributed by atoms with Gasteiger partial charge in [0.15, 0.2) is 5.82 Å². The zero-order valence-corrected chi connectivity index (χ0v) is 15.0. The van der Waals surface area contributed by atoms with Gasteiger partial charge >= 0.3 is 12.0 Å². The zero-order valence-electron chi connectivity index (χ0n) is 14.2. The highest BCUT2D eigenvalue weighted by atomic mass is 35.5. The molecular formula is C17H15ClN6O3. The summed E-state index contributed by atoms with van der Waals surface area (Å²) in [5.41, 5.74) is 1.32. The molecule has 0 aliphatic rings. The van der Waals surface area contributed by atoms with Crippen molar-refractivity contribution in [3.05, 3.63) is 65.3 Å². The van der Waals surface area contributed by atoms with Crippen molar-refractivity contribution >= 4 is 29.3 Å². The molecule has 2 aromatic heterocycles. The number of anilines is 1. The van der Waals surface area contributed by atoms with Crippen LogP contribution in [0.5, 0.6) is 0 Å². The second kappa shape index (κ2) is 8.28. The number of carbonyl (C=O) groups excluding carboxylic acids is 2. The van der Waals surface area contributed by atoms with E-state index in [1.54, 1.807) is 18.3 Å². The predicted molar refractivity (Wildman–Crippen MR) is 97.8 cm³/mol. The molecule has 3 rings (SSSR count). The first-order valence-electron chi connectivity index (χ1n) is 7.80. The Labute approximate surface area is 159 Å². The SMILES string of the molecule is COC(=O)c1cc(NC(=O)NCc2cccnc2-n2cncn2)ccc1Cl. The van der Waals surface area contributed by atoms with Crippen LogP contribution in [0.2, 0.25) is 5.02 Å². The molecule has 0 fully saturated rings. The highest BCUT2D eigenvalue weighted by Crippen LogP contribution is 2.21. The number of benzene rings is 1. The first-order valence-corrected chi connectivity index (χ1v) is 8.18. The predicted octanol–water partition coefficient (Wildman–Crippen LogP) is 2.42. The Morgan fingerprint density at radius 2 is 2.15 bits per heavy atom. The van der Waals surface area contributed by atoms with Gasteiger partial charge in [-0.1, -0.05) is 17.7 Å². The average Bonchev–Trinajstić information content (AvgIpc) is 3.22. The number of urea groups is 1. The second-order valence-electron chi connectivity index (χ2n) is 5.32. The number of halogens is 1. The molecule has 27 heavy (non-hydrogen) atoms. The van der Waals surface area contributed by atoms with Crippen molar-refractivity contribution in [1.29, 1.82) is 0 Å². The van der Waals surface area contributed by atoms with E-state index in [0.717, 1.165) is 5.56 Å². The van der Waals surface area contributed by atoms with E-state index in [1.807, 2.05) is 6.07 Å². The van der Waals surface area contributed by atoms with Crippen LogP contribution in [0.4, 0.5) is 10.5 Å². The molecule has 0 aliphatic heterocycles. The normalized spacial score (nSPS) is 10.3. The molecule has 1 aromatic carbocycles. The summed E-state index contributed by atoms with van der Waals surface area (Å²) in [6.45, 7) is 0.215. The highest BCUT2D eigenvalue weighted by Gasteiger charge is 2.13. The molecule has 0 radical (unpaired) electrons. The van der Waals surface area contributed by atoms with Crippen LogP contribution in [0, 0.1) is 0 Å². The number of aromatic nitrogens is 4. The van der Waals surface area contributed by atoms with Crippen LogP contribution >= 0.6 is 11.6 Å². The summed E-state index contributed by atoms with van der Waals surface area (Å²) in [5.74, 6) is -0.0216. The molecule has 0 bridgehead atoms. The fraction of sp³-hybridized carbons (Fsp3) is 0.118. The number of hydrogen-bond donors (Lipinski definition) is 2. The van der Waals surface area contributed by atoms with Crippen LogP contribution in [0.25, 0.3) is 5.82 Å². The second-order valence-corrected chi connectivity index (χ2v) is 5.73. The lowest BCUT2D eigenvalue weighted by atomic mass is 10.2. The molecule has 0 atom stereocenters. The number of rotatable bonds is 5. The van der Waals surface area contributed by atoms with E-state index >= 15 is 0 Å². The van der Waals surface area contributed by atoms with Gasteiger partial charge in [-0.15, -0.1) is 0 Å². The molecular weight excluding hydrogens is 372 g/mol. The lowest BCUT2D eigenvalue weighted by molar-refractivity contribution is 0.0601. The van der Waals surface area contributed by atoms with Gasteiger partial charge in [0.1, 0.15) is 12.7 Å². The Balaban J connectivity index is 1.67. The minimum Gasteiger partial charge on any atom is -0.465 e. The number of nitrogens with one attached hydrogen (secondary N) is 2. The van der Waals surface area contributed by atoms with Crippen molar-refractivity contribution in [2.24, 2.45) is 0 Å². The van der Waals surface area contributed by atoms with E-state index in [-0.39, 0.29) is 17.1 Å². The number of methoxy groups -OCH3 is 1. The van der Waals surface area contributed by atoms with Crippen LogP contribution in [-0.2, 0) is 11.3 Å². The van der Waals surface area contributed by atoms with Crippen LogP contribution in [0.15, 0.2) is 49.2 Å². The van der Waals surface area contributed by atoms with Gasteiger partial charge in [0, 0.05) is 24.0 Å². The number of carbonyl (C=O) groups is 2. The molecule has 2 heterocycles. The largest absolute Gasteiger partial charge is 0.465 e. The maximum Gasteiger partial charge on any atom is 0.339 e. The average molecular weight is 387 g/mol. The number of esters is 1. The highest BCUT2D eigenvalue weighted by molar-refractivity contribution is 6.33. The van der Waals surface area contributed by atoms with E-state index in [1.165, 1.54) is 36.6 Å². The molecule has 0 saturated carbocycles. The van der Waals surface area contributed by atoms with Gasteiger partial charge in [0.2, 0.25) is 0 Å². The third-order valence-electron chi connectivity index (χ3n) is 3.57. The number of nitrogens with zero attached hydrogens (tertiary/aromatic N) is 4. The van der Waals surface area contributed by atoms with E-state index in [4.69, 9.17) is 11.6 Å². The molecule has 9 nitrogen and oxygen atoms in total. The Hall–Kier alpha value is -3.46. The third-order valence-corrected chi connectivity index (χ3v) is 3.90. The summed E-state index contributed by atoms with van der Waals surface area (Å²) in [6.07, 6.45) is 4.55. The quantitative estimate of drug-likeness (QED) is 0.651. The summed E-state index contributed by atoms with van der Waals surface area (Å²) in [7, 11) is 1.26. The van der Waals surface area contributed by atoms with Crippen molar-refractivity contribution in [2.75, 3.05) is 12.4 Å². The Morgan fingerprint density at radius 3 is 2.89 bits per heavy atom. The number of amides is 2. The number of ether oxygens (including phenoxy) is 1. The molecule has 0 spiro atoms. The van der Waals surface area contributed by atoms with Gasteiger partial charge in [-0.05, 0) is 24.3 Å². The van der Waals surface area contributed by atoms with Gasteiger partial charge in [-0.25, -0.2) is 24.2 Å². The zero-order chi connectivity index (χ0) is 19.2. The topological polar surface area (TPSA) is 111 Å². The number of pyridine rings is 1. The summed E-state index contributed by atoms with van der Waals surface area (Å²) >= 11 is 5.96. The van der Waals surface area contributed by atoms with Crippen LogP contribution < -0.4 is 10.6 Å². The van der Waals surface area contributed by atoms with Crippen LogP contribution in [-0.4, -0.2) is 38.9 Å². The van der Waals surface area contributed by atoms with E-state index in [0.29, 0.717) is 11.5 Å². The van der Waals surface area contributed by atoms with Crippen molar-refractivity contribution < 1.29 is 14.3 Å². The van der Waals surface area contributed by atoms with Gasteiger partial charge in [0.25, 0.3) is 0 Å². The minimum absolute atomic E-state index is 0.165. The fourth-order valence-corrected chi connectivity index (χ4v) is 2.51. The standard InChI is InChI=1S/C17H15ClN6O3/c1-27-16(25)13-7-12(4-5-14(13)18)23-17(26)21-8-11-3-2-6-20-15(11)24-10-19-9-22-24/h2-7,9-10H,8H2,1H3,(H2,21,23,26). The van der Waals surface area contributed by atoms with Crippen molar-refractivity contribution in [2.45, 2.75) is 6.54 Å². The molecule has 10 heteroatoms. The maximum atomic E-state index is 12.2. The molecule has 138 valence electrons. The first kappa shape index (κ1) is 18.3. The fourth-order valence-electron chi connectivity index (χ4n) is 2.31. The van der Waals surface area contributed by atoms with E-state index < -0.39 is 12.0 Å². The molecule has 2 amide bonds. The summed E-state index contributed by atoms with van der Waals surface area (Å²) in [6, 6.07) is 7.66. The lowest BCUT2D eigenvalue weighted by Gasteiger charge is -2.11. The van der Waals surface area contributed by atoms with Crippen molar-refractivity contribution in [1.82, 2.24) is 25.1 Å². The van der Waals surface area contributed by atoms with Crippen LogP contribution in [0.3, 0.4) is 0 Å². The molecule has 0 saturated heterocycles. The molecule has 2 N–H and O–H groups in total. The Morgan fingerprint density at radius 1 is 1.30 bits per heavy atom. The van der Waals surface area contributed by atoms with Crippen LogP contribution in [0.1, 0.15) is 15.9 Å². The molecule has 3 aromatic rings. The van der Waals surface area contributed by atoms with E-state index in [9.17, 15) is 9.59 Å².